The molecule has 2 heterocycles. The Morgan fingerprint density at radius 1 is 1.15 bits per heavy atom. The predicted octanol–water partition coefficient (Wildman–Crippen LogP) is 6.55. The first-order valence-corrected chi connectivity index (χ1v) is 9.51. The Bertz CT molecular complexity index is 1230. The molecule has 0 amide bonds. The number of halogens is 2. The molecule has 0 N–H and O–H groups in total. The molecule has 2 aromatic carbocycles. The number of pyridine rings is 1. The predicted molar refractivity (Wildman–Crippen MR) is 115 cm³/mol. The van der Waals surface area contributed by atoms with Crippen LogP contribution in [0, 0.1) is 6.92 Å². The summed E-state index contributed by atoms with van der Waals surface area (Å²) in [6, 6.07) is 15.8. The van der Waals surface area contributed by atoms with Crippen molar-refractivity contribution in [3.05, 3.63) is 75.0 Å². The number of hydrogen-bond donors (Lipinski definition) is 0. The summed E-state index contributed by atoms with van der Waals surface area (Å²) in [6.07, 6.45) is 1.61. The monoisotopic (exact) mass is 439 g/mol. The van der Waals surface area contributed by atoms with Gasteiger partial charge in [0, 0.05) is 20.8 Å². The van der Waals surface area contributed by atoms with Crippen molar-refractivity contribution in [2.24, 2.45) is 10.2 Å². The fourth-order valence-corrected chi connectivity index (χ4v) is 3.42. The number of furan rings is 1. The lowest BCUT2D eigenvalue weighted by atomic mass is 10.1. The topological polar surface area (TPSA) is 50.8 Å². The lowest BCUT2D eigenvalue weighted by molar-refractivity contribution is 0.604. The van der Waals surface area contributed by atoms with E-state index in [1.54, 1.807) is 6.21 Å². The van der Waals surface area contributed by atoms with E-state index in [0.29, 0.717) is 16.6 Å². The van der Waals surface area contributed by atoms with E-state index >= 15 is 0 Å². The normalized spacial score (nSPS) is 12.5. The molecule has 0 aliphatic rings. The van der Waals surface area contributed by atoms with Gasteiger partial charge in [0.05, 0.1) is 11.7 Å². The van der Waals surface area contributed by atoms with E-state index in [0.717, 1.165) is 37.5 Å². The van der Waals surface area contributed by atoms with Crippen LogP contribution in [-0.2, 0) is 0 Å². The summed E-state index contributed by atoms with van der Waals surface area (Å²) in [5.74, 6) is 0.679. The summed E-state index contributed by atoms with van der Waals surface area (Å²) in [6.45, 7) is 3.87. The van der Waals surface area contributed by atoms with Crippen LogP contribution in [-0.4, -0.2) is 16.9 Å². The number of benzene rings is 2. The summed E-state index contributed by atoms with van der Waals surface area (Å²) in [5, 5.41) is 10.8. The molecule has 0 radical (unpaired) electrons. The Balaban J connectivity index is 1.63. The Kier molecular flexibility index (Phi) is 4.81. The molecule has 0 aliphatic carbocycles. The molecule has 2 aromatic heterocycles. The van der Waals surface area contributed by atoms with Gasteiger partial charge in [0.1, 0.15) is 16.4 Å². The molecule has 0 aliphatic heterocycles. The van der Waals surface area contributed by atoms with Crippen LogP contribution >= 0.6 is 27.5 Å². The minimum absolute atomic E-state index is 0.405. The van der Waals surface area contributed by atoms with Crippen molar-refractivity contribution in [3.63, 3.8) is 0 Å². The van der Waals surface area contributed by atoms with E-state index in [2.05, 4.69) is 31.1 Å². The molecule has 6 heteroatoms. The van der Waals surface area contributed by atoms with Crippen molar-refractivity contribution in [1.29, 1.82) is 0 Å². The molecule has 0 atom stereocenters. The zero-order valence-electron chi connectivity index (χ0n) is 14.7. The van der Waals surface area contributed by atoms with Crippen LogP contribution in [0.4, 0.5) is 0 Å². The van der Waals surface area contributed by atoms with Crippen molar-refractivity contribution in [3.8, 4) is 0 Å². The fourth-order valence-electron chi connectivity index (χ4n) is 2.85. The van der Waals surface area contributed by atoms with Gasteiger partial charge in [-0.25, -0.2) is 4.98 Å². The van der Waals surface area contributed by atoms with E-state index < -0.39 is 0 Å². The van der Waals surface area contributed by atoms with Gasteiger partial charge >= 0.3 is 0 Å². The minimum Gasteiger partial charge on any atom is -0.455 e. The fraction of sp³-hybridized carbons (Fsp3) is 0.0952. The molecule has 0 spiro atoms. The third-order valence-electron chi connectivity index (χ3n) is 4.27. The summed E-state index contributed by atoms with van der Waals surface area (Å²) in [7, 11) is 0. The van der Waals surface area contributed by atoms with Crippen molar-refractivity contribution in [1.82, 2.24) is 4.98 Å². The summed E-state index contributed by atoms with van der Waals surface area (Å²) < 4.78 is 6.82. The number of para-hydroxylation sites is 1. The molecular weight excluding hydrogens is 426 g/mol. The van der Waals surface area contributed by atoms with Crippen LogP contribution in [0.5, 0.6) is 0 Å². The highest BCUT2D eigenvalue weighted by atomic mass is 79.9. The molecule has 4 rings (SSSR count). The largest absolute Gasteiger partial charge is 0.455 e. The molecule has 134 valence electrons. The third-order valence-corrected chi connectivity index (χ3v) is 5.06. The lowest BCUT2D eigenvalue weighted by Crippen LogP contribution is -1.92. The number of aromatic nitrogens is 1. The summed E-state index contributed by atoms with van der Waals surface area (Å²) in [4.78, 5) is 4.47. The van der Waals surface area contributed by atoms with Crippen LogP contribution in [0.3, 0.4) is 0 Å². The highest BCUT2D eigenvalue weighted by Gasteiger charge is 2.07. The van der Waals surface area contributed by atoms with Crippen molar-refractivity contribution in [2.45, 2.75) is 13.8 Å². The van der Waals surface area contributed by atoms with E-state index in [1.807, 2.05) is 62.4 Å². The molecule has 27 heavy (non-hydrogen) atoms. The molecule has 4 aromatic rings. The van der Waals surface area contributed by atoms with Gasteiger partial charge in [-0.05, 0) is 49.7 Å². The van der Waals surface area contributed by atoms with Gasteiger partial charge in [-0.1, -0.05) is 45.7 Å². The van der Waals surface area contributed by atoms with Gasteiger partial charge in [-0.3, -0.25) is 0 Å². The van der Waals surface area contributed by atoms with Crippen molar-refractivity contribution >= 4 is 61.3 Å². The van der Waals surface area contributed by atoms with Crippen LogP contribution in [0.1, 0.15) is 23.8 Å². The van der Waals surface area contributed by atoms with Gasteiger partial charge in [0.2, 0.25) is 0 Å². The average Bonchev–Trinajstić information content (AvgIpc) is 3.06. The smallest absolute Gasteiger partial charge is 0.151 e. The zero-order valence-corrected chi connectivity index (χ0v) is 17.0. The molecule has 0 bridgehead atoms. The molecule has 0 fully saturated rings. The Morgan fingerprint density at radius 3 is 2.85 bits per heavy atom. The van der Waals surface area contributed by atoms with E-state index in [-0.39, 0.29) is 0 Å². The second kappa shape index (κ2) is 7.25. The molecule has 4 nitrogen and oxygen atoms in total. The number of nitrogens with zero attached hydrogens (tertiary/aromatic N) is 3. The Labute approximate surface area is 169 Å². The van der Waals surface area contributed by atoms with Gasteiger partial charge in [-0.15, -0.1) is 0 Å². The maximum Gasteiger partial charge on any atom is 0.151 e. The number of aryl methyl sites for hydroxylation is 1. The highest BCUT2D eigenvalue weighted by molar-refractivity contribution is 9.10. The summed E-state index contributed by atoms with van der Waals surface area (Å²) >= 11 is 9.76. The number of hydrogen-bond acceptors (Lipinski definition) is 4. The van der Waals surface area contributed by atoms with Gasteiger partial charge < -0.3 is 4.42 Å². The quantitative estimate of drug-likeness (QED) is 0.206. The third kappa shape index (κ3) is 3.66. The highest BCUT2D eigenvalue weighted by Crippen LogP contribution is 2.24. The first-order chi connectivity index (χ1) is 13.0. The van der Waals surface area contributed by atoms with Crippen LogP contribution in [0.15, 0.2) is 67.6 Å². The Morgan fingerprint density at radius 2 is 2.00 bits per heavy atom. The van der Waals surface area contributed by atoms with Crippen molar-refractivity contribution < 1.29 is 4.42 Å². The molecule has 0 saturated carbocycles. The van der Waals surface area contributed by atoms with Gasteiger partial charge in [0.15, 0.2) is 5.76 Å². The summed E-state index contributed by atoms with van der Waals surface area (Å²) in [5.41, 5.74) is 4.19. The van der Waals surface area contributed by atoms with E-state index in [4.69, 9.17) is 16.0 Å². The van der Waals surface area contributed by atoms with Gasteiger partial charge in [-0.2, -0.15) is 10.2 Å². The first-order valence-electron chi connectivity index (χ1n) is 8.34. The number of rotatable bonds is 3. The zero-order chi connectivity index (χ0) is 19.0. The number of fused-ring (bicyclic) bond motifs is 2. The minimum atomic E-state index is 0.405. The van der Waals surface area contributed by atoms with Crippen LogP contribution in [0.25, 0.3) is 21.9 Å². The lowest BCUT2D eigenvalue weighted by Gasteiger charge is -2.03. The second-order valence-corrected chi connectivity index (χ2v) is 7.51. The van der Waals surface area contributed by atoms with E-state index in [9.17, 15) is 0 Å². The standard InChI is InChI=1S/C21H15BrClN3O/c1-12-4-3-5-14-8-16(21(23)25-20(12)14)11-24-26-13(2)19-10-15-9-17(22)6-7-18(15)27-19/h3-11H,1-2H3/b24-11+,26-13+. The van der Waals surface area contributed by atoms with Gasteiger partial charge in [0.25, 0.3) is 0 Å². The van der Waals surface area contributed by atoms with Crippen LogP contribution in [0.2, 0.25) is 5.15 Å². The Hall–Kier alpha value is -2.50. The molecule has 0 saturated heterocycles. The maximum atomic E-state index is 6.30. The maximum absolute atomic E-state index is 6.30. The second-order valence-electron chi connectivity index (χ2n) is 6.24. The molecule has 0 unspecified atom stereocenters. The van der Waals surface area contributed by atoms with E-state index in [1.165, 1.54) is 0 Å². The molecular formula is C21H15BrClN3O. The average molecular weight is 441 g/mol. The SMILES string of the molecule is C/C(=N\N=C\c1cc2cccc(C)c2nc1Cl)c1cc2cc(Br)ccc2o1. The van der Waals surface area contributed by atoms with Crippen molar-refractivity contribution in [2.75, 3.05) is 0 Å². The first kappa shape index (κ1) is 17.9. The van der Waals surface area contributed by atoms with Crippen LogP contribution < -0.4 is 0 Å².